The summed E-state index contributed by atoms with van der Waals surface area (Å²) in [5.74, 6) is -2.43. The quantitative estimate of drug-likeness (QED) is 0.818. The molecule has 0 bridgehead atoms. The summed E-state index contributed by atoms with van der Waals surface area (Å²) in [5, 5.41) is 9.10. The third kappa shape index (κ3) is 3.94. The average Bonchev–Trinajstić information content (AvgIpc) is 2.26. The standard InChI is InChI=1S/C13H17FN2O3/c1-8(2)6-16(7-11(15)17)12-9(13(18)19)4-3-5-10(12)14/h3-5,8H,6-7H2,1-2H3,(H2,15,17)(H,18,19). The van der Waals surface area contributed by atoms with E-state index < -0.39 is 17.7 Å². The number of carboxylic acid groups (broad SMARTS) is 1. The lowest BCUT2D eigenvalue weighted by atomic mass is 10.1. The molecule has 0 aliphatic carbocycles. The van der Waals surface area contributed by atoms with Crippen LogP contribution in [-0.2, 0) is 4.79 Å². The van der Waals surface area contributed by atoms with E-state index in [1.54, 1.807) is 0 Å². The molecule has 3 N–H and O–H groups in total. The first-order valence-corrected chi connectivity index (χ1v) is 5.88. The van der Waals surface area contributed by atoms with E-state index in [2.05, 4.69) is 0 Å². The summed E-state index contributed by atoms with van der Waals surface area (Å²) in [5.41, 5.74) is 4.86. The van der Waals surface area contributed by atoms with E-state index >= 15 is 0 Å². The van der Waals surface area contributed by atoms with Gasteiger partial charge in [-0.15, -0.1) is 0 Å². The Labute approximate surface area is 110 Å². The molecule has 1 aromatic rings. The Morgan fingerprint density at radius 2 is 2.05 bits per heavy atom. The zero-order valence-corrected chi connectivity index (χ0v) is 10.9. The van der Waals surface area contributed by atoms with E-state index in [1.807, 2.05) is 13.8 Å². The first-order valence-electron chi connectivity index (χ1n) is 5.88. The summed E-state index contributed by atoms with van der Waals surface area (Å²) in [6.07, 6.45) is 0. The minimum atomic E-state index is -1.24. The highest BCUT2D eigenvalue weighted by Crippen LogP contribution is 2.25. The molecule has 104 valence electrons. The second kappa shape index (κ2) is 6.17. The molecule has 19 heavy (non-hydrogen) atoms. The van der Waals surface area contributed by atoms with Gasteiger partial charge in [0, 0.05) is 6.54 Å². The number of rotatable bonds is 6. The SMILES string of the molecule is CC(C)CN(CC(N)=O)c1c(F)cccc1C(=O)O. The average molecular weight is 268 g/mol. The predicted molar refractivity (Wildman–Crippen MR) is 69.6 cm³/mol. The van der Waals surface area contributed by atoms with Crippen molar-refractivity contribution in [1.82, 2.24) is 0 Å². The molecular formula is C13H17FN2O3. The summed E-state index contributed by atoms with van der Waals surface area (Å²) < 4.78 is 13.9. The van der Waals surface area contributed by atoms with Crippen molar-refractivity contribution in [1.29, 1.82) is 0 Å². The fourth-order valence-corrected chi connectivity index (χ4v) is 1.87. The second-order valence-corrected chi connectivity index (χ2v) is 4.68. The Kier molecular flexibility index (Phi) is 4.86. The van der Waals surface area contributed by atoms with E-state index in [0.29, 0.717) is 6.54 Å². The Hall–Kier alpha value is -2.11. The third-order valence-electron chi connectivity index (χ3n) is 2.47. The van der Waals surface area contributed by atoms with Gasteiger partial charge in [-0.2, -0.15) is 0 Å². The molecule has 0 saturated carbocycles. The number of aromatic carboxylic acids is 1. The molecule has 0 spiro atoms. The minimum Gasteiger partial charge on any atom is -0.478 e. The largest absolute Gasteiger partial charge is 0.478 e. The highest BCUT2D eigenvalue weighted by molar-refractivity contribution is 5.95. The number of amides is 1. The van der Waals surface area contributed by atoms with Crippen LogP contribution >= 0.6 is 0 Å². The van der Waals surface area contributed by atoms with Crippen molar-refractivity contribution in [3.05, 3.63) is 29.6 Å². The van der Waals surface area contributed by atoms with Crippen molar-refractivity contribution in [3.8, 4) is 0 Å². The van der Waals surface area contributed by atoms with Crippen molar-refractivity contribution >= 4 is 17.6 Å². The molecule has 1 rings (SSSR count). The van der Waals surface area contributed by atoms with Crippen LogP contribution in [0.5, 0.6) is 0 Å². The van der Waals surface area contributed by atoms with Gasteiger partial charge in [0.15, 0.2) is 0 Å². The van der Waals surface area contributed by atoms with Crippen LogP contribution in [-0.4, -0.2) is 30.1 Å². The summed E-state index contributed by atoms with van der Waals surface area (Å²) in [7, 11) is 0. The number of carbonyl (C=O) groups excluding carboxylic acids is 1. The van der Waals surface area contributed by atoms with Crippen LogP contribution in [0.4, 0.5) is 10.1 Å². The number of carbonyl (C=O) groups is 2. The maximum Gasteiger partial charge on any atom is 0.337 e. The van der Waals surface area contributed by atoms with Gasteiger partial charge in [-0.25, -0.2) is 9.18 Å². The van der Waals surface area contributed by atoms with Gasteiger partial charge in [-0.05, 0) is 18.1 Å². The minimum absolute atomic E-state index is 0.0949. The molecular weight excluding hydrogens is 251 g/mol. The van der Waals surface area contributed by atoms with Crippen LogP contribution in [0.1, 0.15) is 24.2 Å². The van der Waals surface area contributed by atoms with Gasteiger partial charge < -0.3 is 15.7 Å². The number of benzene rings is 1. The van der Waals surface area contributed by atoms with E-state index in [1.165, 1.54) is 17.0 Å². The Morgan fingerprint density at radius 3 is 2.53 bits per heavy atom. The van der Waals surface area contributed by atoms with Crippen LogP contribution in [0.25, 0.3) is 0 Å². The maximum atomic E-state index is 13.9. The van der Waals surface area contributed by atoms with E-state index in [0.717, 1.165) is 6.07 Å². The summed E-state index contributed by atoms with van der Waals surface area (Å²) in [4.78, 5) is 23.6. The molecule has 0 fully saturated rings. The van der Waals surface area contributed by atoms with Crippen molar-refractivity contribution in [2.45, 2.75) is 13.8 Å². The molecule has 0 radical (unpaired) electrons. The van der Waals surface area contributed by atoms with Crippen molar-refractivity contribution in [2.75, 3.05) is 18.0 Å². The molecule has 1 aromatic carbocycles. The molecule has 0 saturated heterocycles. The normalized spacial score (nSPS) is 10.5. The number of para-hydroxylation sites is 1. The highest BCUT2D eigenvalue weighted by atomic mass is 19.1. The van der Waals surface area contributed by atoms with Crippen molar-refractivity contribution in [3.63, 3.8) is 0 Å². The summed E-state index contributed by atoms with van der Waals surface area (Å²) in [6.45, 7) is 3.88. The molecule has 6 heteroatoms. The van der Waals surface area contributed by atoms with Gasteiger partial charge >= 0.3 is 5.97 Å². The number of primary amides is 1. The van der Waals surface area contributed by atoms with Crippen LogP contribution in [0.2, 0.25) is 0 Å². The molecule has 0 aliphatic heterocycles. The number of hydrogen-bond donors (Lipinski definition) is 2. The topological polar surface area (TPSA) is 83.6 Å². The first-order chi connectivity index (χ1) is 8.82. The number of anilines is 1. The molecule has 0 atom stereocenters. The summed E-state index contributed by atoms with van der Waals surface area (Å²) in [6, 6.07) is 3.78. The van der Waals surface area contributed by atoms with Gasteiger partial charge in [0.25, 0.3) is 0 Å². The smallest absolute Gasteiger partial charge is 0.337 e. The Morgan fingerprint density at radius 1 is 1.42 bits per heavy atom. The molecule has 1 amide bonds. The molecule has 0 heterocycles. The summed E-state index contributed by atoms with van der Waals surface area (Å²) >= 11 is 0. The van der Waals surface area contributed by atoms with Crippen LogP contribution in [0.15, 0.2) is 18.2 Å². The van der Waals surface area contributed by atoms with Gasteiger partial charge in [0.2, 0.25) is 5.91 Å². The fourth-order valence-electron chi connectivity index (χ4n) is 1.87. The number of nitrogens with two attached hydrogens (primary N) is 1. The van der Waals surface area contributed by atoms with E-state index in [4.69, 9.17) is 10.8 Å². The number of nitrogens with zero attached hydrogens (tertiary/aromatic N) is 1. The number of hydrogen-bond acceptors (Lipinski definition) is 3. The molecule has 0 aromatic heterocycles. The lowest BCUT2D eigenvalue weighted by Crippen LogP contribution is -2.37. The number of halogens is 1. The van der Waals surface area contributed by atoms with Crippen LogP contribution in [0.3, 0.4) is 0 Å². The third-order valence-corrected chi connectivity index (χ3v) is 2.47. The fraction of sp³-hybridized carbons (Fsp3) is 0.385. The number of carboxylic acids is 1. The molecule has 0 unspecified atom stereocenters. The van der Waals surface area contributed by atoms with Crippen LogP contribution in [0, 0.1) is 11.7 Å². The Bertz CT molecular complexity index is 489. The molecule has 0 aliphatic rings. The monoisotopic (exact) mass is 268 g/mol. The maximum absolute atomic E-state index is 13.9. The van der Waals surface area contributed by atoms with Gasteiger partial charge in [-0.3, -0.25) is 4.79 Å². The molecule has 5 nitrogen and oxygen atoms in total. The lowest BCUT2D eigenvalue weighted by molar-refractivity contribution is -0.116. The zero-order chi connectivity index (χ0) is 14.6. The van der Waals surface area contributed by atoms with Gasteiger partial charge in [-0.1, -0.05) is 19.9 Å². The first kappa shape index (κ1) is 14.9. The lowest BCUT2D eigenvalue weighted by Gasteiger charge is -2.27. The second-order valence-electron chi connectivity index (χ2n) is 4.68. The van der Waals surface area contributed by atoms with E-state index in [9.17, 15) is 14.0 Å². The van der Waals surface area contributed by atoms with Gasteiger partial charge in [0.1, 0.15) is 5.82 Å². The van der Waals surface area contributed by atoms with Crippen molar-refractivity contribution in [2.24, 2.45) is 11.7 Å². The predicted octanol–water partition coefficient (Wildman–Crippen LogP) is 1.47. The van der Waals surface area contributed by atoms with Gasteiger partial charge in [0.05, 0.1) is 17.8 Å². The highest BCUT2D eigenvalue weighted by Gasteiger charge is 2.22. The van der Waals surface area contributed by atoms with E-state index in [-0.39, 0.29) is 23.7 Å². The van der Waals surface area contributed by atoms with Crippen LogP contribution < -0.4 is 10.6 Å². The van der Waals surface area contributed by atoms with Crippen molar-refractivity contribution < 1.29 is 19.1 Å². The zero-order valence-electron chi connectivity index (χ0n) is 10.9. The Balaban J connectivity index is 3.27.